The summed E-state index contributed by atoms with van der Waals surface area (Å²) in [5.74, 6) is 0.872. The van der Waals surface area contributed by atoms with Gasteiger partial charge in [0.1, 0.15) is 0 Å². The van der Waals surface area contributed by atoms with Crippen molar-refractivity contribution < 1.29 is 0 Å². The molecule has 1 aliphatic heterocycles. The molecular formula is C18H30N2. The largest absolute Gasteiger partial charge is 0.319 e. The molecule has 112 valence electrons. The topological polar surface area (TPSA) is 15.3 Å². The van der Waals surface area contributed by atoms with Gasteiger partial charge in [-0.1, -0.05) is 38.1 Å². The van der Waals surface area contributed by atoms with E-state index >= 15 is 0 Å². The van der Waals surface area contributed by atoms with Gasteiger partial charge in [0.25, 0.3) is 0 Å². The molecule has 1 aromatic rings. The first kappa shape index (κ1) is 15.5. The molecule has 20 heavy (non-hydrogen) atoms. The van der Waals surface area contributed by atoms with Gasteiger partial charge in [-0.25, -0.2) is 0 Å². The van der Waals surface area contributed by atoms with Crippen molar-refractivity contribution in [2.24, 2.45) is 5.92 Å². The number of nitrogens with zero attached hydrogens (tertiary/aromatic N) is 1. The first-order valence-electron chi connectivity index (χ1n) is 8.26. The predicted molar refractivity (Wildman–Crippen MR) is 87.1 cm³/mol. The number of rotatable bonds is 6. The van der Waals surface area contributed by atoms with E-state index in [1.807, 2.05) is 0 Å². The maximum Gasteiger partial charge on any atom is 0.0345 e. The molecule has 2 heteroatoms. The molecule has 0 radical (unpaired) electrons. The maximum absolute atomic E-state index is 3.32. The van der Waals surface area contributed by atoms with Crippen molar-refractivity contribution >= 4 is 0 Å². The van der Waals surface area contributed by atoms with Gasteiger partial charge in [0.2, 0.25) is 0 Å². The third-order valence-corrected chi connectivity index (χ3v) is 4.74. The summed E-state index contributed by atoms with van der Waals surface area (Å²) in [7, 11) is 2.07. The Morgan fingerprint density at radius 3 is 2.30 bits per heavy atom. The van der Waals surface area contributed by atoms with Gasteiger partial charge in [-0.3, -0.25) is 4.90 Å². The number of likely N-dealkylation sites (tertiary alicyclic amines) is 1. The monoisotopic (exact) mass is 274 g/mol. The molecule has 0 spiro atoms. The molecule has 2 nitrogen and oxygen atoms in total. The van der Waals surface area contributed by atoms with Crippen molar-refractivity contribution in [3.63, 3.8) is 0 Å². The van der Waals surface area contributed by atoms with Crippen LogP contribution in [0.1, 0.15) is 50.3 Å². The SMILES string of the molecule is CCc1ccc(C(CC)N2CCC(CNC)CC2)cc1. The lowest BCUT2D eigenvalue weighted by Gasteiger charge is -2.37. The highest BCUT2D eigenvalue weighted by Crippen LogP contribution is 2.29. The summed E-state index contributed by atoms with van der Waals surface area (Å²) in [5, 5.41) is 3.32. The van der Waals surface area contributed by atoms with Crippen molar-refractivity contribution in [1.82, 2.24) is 10.2 Å². The van der Waals surface area contributed by atoms with E-state index in [2.05, 4.69) is 55.4 Å². The van der Waals surface area contributed by atoms with Crippen molar-refractivity contribution in [2.45, 2.75) is 45.6 Å². The highest BCUT2D eigenvalue weighted by Gasteiger charge is 2.24. The van der Waals surface area contributed by atoms with E-state index < -0.39 is 0 Å². The molecule has 0 bridgehead atoms. The number of hydrogen-bond donors (Lipinski definition) is 1. The molecule has 1 fully saturated rings. The van der Waals surface area contributed by atoms with Gasteiger partial charge in [0.15, 0.2) is 0 Å². The van der Waals surface area contributed by atoms with Crippen LogP contribution in [0.2, 0.25) is 0 Å². The summed E-state index contributed by atoms with van der Waals surface area (Å²) in [6.45, 7) is 8.22. The zero-order valence-electron chi connectivity index (χ0n) is 13.4. The lowest BCUT2D eigenvalue weighted by atomic mass is 9.93. The van der Waals surface area contributed by atoms with Crippen LogP contribution in [0.25, 0.3) is 0 Å². The van der Waals surface area contributed by atoms with Gasteiger partial charge in [0, 0.05) is 6.04 Å². The number of aryl methyl sites for hydroxylation is 1. The molecule has 1 unspecified atom stereocenters. The fraction of sp³-hybridized carbons (Fsp3) is 0.667. The summed E-state index contributed by atoms with van der Waals surface area (Å²) in [6.07, 6.45) is 5.02. The number of piperidine rings is 1. The summed E-state index contributed by atoms with van der Waals surface area (Å²) >= 11 is 0. The summed E-state index contributed by atoms with van der Waals surface area (Å²) < 4.78 is 0. The molecule has 1 heterocycles. The van der Waals surface area contributed by atoms with E-state index in [0.717, 1.165) is 12.3 Å². The Balaban J connectivity index is 1.97. The first-order valence-corrected chi connectivity index (χ1v) is 8.26. The Morgan fingerprint density at radius 1 is 1.15 bits per heavy atom. The lowest BCUT2D eigenvalue weighted by molar-refractivity contribution is 0.129. The molecule has 0 aromatic heterocycles. The summed E-state index contributed by atoms with van der Waals surface area (Å²) in [5.41, 5.74) is 2.94. The van der Waals surface area contributed by atoms with Gasteiger partial charge in [-0.2, -0.15) is 0 Å². The zero-order chi connectivity index (χ0) is 14.4. The molecule has 1 aliphatic rings. The normalized spacial score (nSPS) is 19.1. The number of hydrogen-bond acceptors (Lipinski definition) is 2. The smallest absolute Gasteiger partial charge is 0.0345 e. The molecule has 2 rings (SSSR count). The highest BCUT2D eigenvalue weighted by molar-refractivity contribution is 5.25. The van der Waals surface area contributed by atoms with Crippen LogP contribution in [-0.2, 0) is 6.42 Å². The van der Waals surface area contributed by atoms with E-state index in [-0.39, 0.29) is 0 Å². The number of benzene rings is 1. The second-order valence-corrected chi connectivity index (χ2v) is 6.06. The third-order valence-electron chi connectivity index (χ3n) is 4.74. The van der Waals surface area contributed by atoms with E-state index in [0.29, 0.717) is 6.04 Å². The summed E-state index contributed by atoms with van der Waals surface area (Å²) in [6, 6.07) is 9.88. The van der Waals surface area contributed by atoms with Gasteiger partial charge in [0.05, 0.1) is 0 Å². The Kier molecular flexibility index (Phi) is 6.06. The second kappa shape index (κ2) is 7.80. The van der Waals surface area contributed by atoms with Crippen molar-refractivity contribution in [1.29, 1.82) is 0 Å². The first-order chi connectivity index (χ1) is 9.78. The standard InChI is InChI=1S/C18H30N2/c1-4-15-6-8-17(9-7-15)18(5-2)20-12-10-16(11-13-20)14-19-3/h6-9,16,18-19H,4-5,10-14H2,1-3H3. The van der Waals surface area contributed by atoms with Gasteiger partial charge >= 0.3 is 0 Å². The molecule has 1 N–H and O–H groups in total. The Labute approximate surface area is 124 Å². The Morgan fingerprint density at radius 2 is 1.80 bits per heavy atom. The minimum atomic E-state index is 0.608. The van der Waals surface area contributed by atoms with Crippen LogP contribution in [-0.4, -0.2) is 31.6 Å². The molecule has 0 saturated carbocycles. The van der Waals surface area contributed by atoms with Gasteiger partial charge in [-0.15, -0.1) is 0 Å². The Hall–Kier alpha value is -0.860. The van der Waals surface area contributed by atoms with Crippen molar-refractivity contribution in [3.05, 3.63) is 35.4 Å². The summed E-state index contributed by atoms with van der Waals surface area (Å²) in [4.78, 5) is 2.69. The molecular weight excluding hydrogens is 244 g/mol. The quantitative estimate of drug-likeness (QED) is 0.852. The van der Waals surface area contributed by atoms with E-state index in [9.17, 15) is 0 Å². The fourth-order valence-corrected chi connectivity index (χ4v) is 3.44. The van der Waals surface area contributed by atoms with Crippen LogP contribution in [0.3, 0.4) is 0 Å². The van der Waals surface area contributed by atoms with E-state index in [4.69, 9.17) is 0 Å². The average Bonchev–Trinajstić information content (AvgIpc) is 2.51. The zero-order valence-corrected chi connectivity index (χ0v) is 13.4. The van der Waals surface area contributed by atoms with Crippen LogP contribution in [0, 0.1) is 5.92 Å². The number of nitrogens with one attached hydrogen (secondary N) is 1. The van der Waals surface area contributed by atoms with Crippen molar-refractivity contribution in [2.75, 3.05) is 26.7 Å². The lowest BCUT2D eigenvalue weighted by Crippen LogP contribution is -2.38. The molecule has 1 atom stereocenters. The maximum atomic E-state index is 3.32. The van der Waals surface area contributed by atoms with Crippen LogP contribution in [0.5, 0.6) is 0 Å². The Bertz CT molecular complexity index is 377. The molecule has 1 aromatic carbocycles. The van der Waals surface area contributed by atoms with Gasteiger partial charge in [-0.05, 0) is 69.4 Å². The molecule has 1 saturated heterocycles. The minimum absolute atomic E-state index is 0.608. The van der Waals surface area contributed by atoms with Crippen molar-refractivity contribution in [3.8, 4) is 0 Å². The molecule has 0 aliphatic carbocycles. The van der Waals surface area contributed by atoms with Gasteiger partial charge < -0.3 is 5.32 Å². The fourth-order valence-electron chi connectivity index (χ4n) is 3.44. The van der Waals surface area contributed by atoms with E-state index in [1.54, 1.807) is 0 Å². The van der Waals surface area contributed by atoms with Crippen LogP contribution in [0.4, 0.5) is 0 Å². The third kappa shape index (κ3) is 3.83. The predicted octanol–water partition coefficient (Wildman–Crippen LogP) is 3.63. The van der Waals surface area contributed by atoms with Crippen LogP contribution in [0.15, 0.2) is 24.3 Å². The average molecular weight is 274 g/mol. The minimum Gasteiger partial charge on any atom is -0.319 e. The highest BCUT2D eigenvalue weighted by atomic mass is 15.2. The van der Waals surface area contributed by atoms with Crippen LogP contribution < -0.4 is 5.32 Å². The second-order valence-electron chi connectivity index (χ2n) is 6.06. The van der Waals surface area contributed by atoms with E-state index in [1.165, 1.54) is 50.0 Å². The molecule has 0 amide bonds. The van der Waals surface area contributed by atoms with Crippen LogP contribution >= 0.6 is 0 Å².